The smallest absolute Gasteiger partial charge is 0.0700 e. The number of rotatable bonds is 4. The lowest BCUT2D eigenvalue weighted by Crippen LogP contribution is -2.44. The Labute approximate surface area is 87.0 Å². The van der Waals surface area contributed by atoms with Crippen LogP contribution in [0, 0.1) is 5.92 Å². The zero-order valence-electron chi connectivity index (χ0n) is 8.70. The fraction of sp³-hybridized carbons (Fsp3) is 1.00. The molecular weight excluding hydrogens is 182 g/mol. The molecule has 1 saturated heterocycles. The van der Waals surface area contributed by atoms with Gasteiger partial charge in [-0.05, 0) is 18.1 Å². The molecule has 0 radical (unpaired) electrons. The van der Waals surface area contributed by atoms with E-state index in [2.05, 4.69) is 31.4 Å². The Balaban J connectivity index is 2.25. The highest BCUT2D eigenvalue weighted by atomic mass is 32.1. The van der Waals surface area contributed by atoms with Crippen LogP contribution in [0.25, 0.3) is 0 Å². The second-order valence-electron chi connectivity index (χ2n) is 3.95. The van der Waals surface area contributed by atoms with E-state index in [-0.39, 0.29) is 0 Å². The Morgan fingerprint density at radius 3 is 3.00 bits per heavy atom. The SMILES string of the molecule is CCC1CN(CC(C)CS)CCO1. The van der Waals surface area contributed by atoms with E-state index in [9.17, 15) is 0 Å². The van der Waals surface area contributed by atoms with Crippen molar-refractivity contribution in [3.8, 4) is 0 Å². The van der Waals surface area contributed by atoms with Gasteiger partial charge >= 0.3 is 0 Å². The molecule has 3 heteroatoms. The first kappa shape index (κ1) is 11.3. The molecule has 0 aromatic heterocycles. The van der Waals surface area contributed by atoms with Crippen LogP contribution in [-0.4, -0.2) is 43.0 Å². The molecule has 2 nitrogen and oxygen atoms in total. The van der Waals surface area contributed by atoms with Gasteiger partial charge in [-0.3, -0.25) is 4.90 Å². The van der Waals surface area contributed by atoms with Gasteiger partial charge in [-0.15, -0.1) is 0 Å². The minimum Gasteiger partial charge on any atom is -0.376 e. The largest absolute Gasteiger partial charge is 0.376 e. The molecule has 1 heterocycles. The van der Waals surface area contributed by atoms with E-state index in [4.69, 9.17) is 4.74 Å². The van der Waals surface area contributed by atoms with Crippen molar-refractivity contribution in [1.29, 1.82) is 0 Å². The lowest BCUT2D eigenvalue weighted by atomic mass is 10.1. The first-order valence-corrected chi connectivity index (χ1v) is 5.84. The van der Waals surface area contributed by atoms with Crippen molar-refractivity contribution in [3.63, 3.8) is 0 Å². The lowest BCUT2D eigenvalue weighted by molar-refractivity contribution is -0.0325. The predicted molar refractivity (Wildman–Crippen MR) is 59.5 cm³/mol. The van der Waals surface area contributed by atoms with E-state index in [1.165, 1.54) is 6.54 Å². The van der Waals surface area contributed by atoms with Gasteiger partial charge in [-0.25, -0.2) is 0 Å². The molecule has 1 aliphatic rings. The molecule has 1 aliphatic heterocycles. The van der Waals surface area contributed by atoms with E-state index in [1.54, 1.807) is 0 Å². The number of hydrogen-bond acceptors (Lipinski definition) is 3. The zero-order chi connectivity index (χ0) is 9.68. The molecule has 2 unspecified atom stereocenters. The summed E-state index contributed by atoms with van der Waals surface area (Å²) >= 11 is 4.30. The molecule has 0 spiro atoms. The number of thiol groups is 1. The van der Waals surface area contributed by atoms with E-state index >= 15 is 0 Å². The van der Waals surface area contributed by atoms with Gasteiger partial charge in [0.2, 0.25) is 0 Å². The van der Waals surface area contributed by atoms with Crippen LogP contribution in [-0.2, 0) is 4.74 Å². The van der Waals surface area contributed by atoms with E-state index in [0.29, 0.717) is 12.0 Å². The third kappa shape index (κ3) is 3.88. The van der Waals surface area contributed by atoms with Crippen LogP contribution in [0.4, 0.5) is 0 Å². The van der Waals surface area contributed by atoms with E-state index in [0.717, 1.165) is 31.9 Å². The average molecular weight is 203 g/mol. The van der Waals surface area contributed by atoms with Gasteiger partial charge < -0.3 is 4.74 Å². The summed E-state index contributed by atoms with van der Waals surface area (Å²) in [5.74, 6) is 1.67. The molecule has 1 fully saturated rings. The minimum absolute atomic E-state index is 0.459. The lowest BCUT2D eigenvalue weighted by Gasteiger charge is -2.33. The molecule has 78 valence electrons. The van der Waals surface area contributed by atoms with Crippen molar-refractivity contribution in [2.24, 2.45) is 5.92 Å². The summed E-state index contributed by atoms with van der Waals surface area (Å²) in [4.78, 5) is 2.50. The zero-order valence-corrected chi connectivity index (χ0v) is 9.59. The van der Waals surface area contributed by atoms with Crippen LogP contribution in [0.2, 0.25) is 0 Å². The summed E-state index contributed by atoms with van der Waals surface area (Å²) in [5, 5.41) is 0. The molecule has 0 amide bonds. The van der Waals surface area contributed by atoms with Crippen LogP contribution in [0.1, 0.15) is 20.3 Å². The van der Waals surface area contributed by atoms with Crippen molar-refractivity contribution >= 4 is 12.6 Å². The molecule has 0 saturated carbocycles. The van der Waals surface area contributed by atoms with Crippen LogP contribution in [0.15, 0.2) is 0 Å². The number of hydrogen-bond donors (Lipinski definition) is 1. The summed E-state index contributed by atoms with van der Waals surface area (Å²) in [7, 11) is 0. The summed E-state index contributed by atoms with van der Waals surface area (Å²) in [6, 6.07) is 0. The Morgan fingerprint density at radius 1 is 1.62 bits per heavy atom. The molecule has 0 N–H and O–H groups in total. The van der Waals surface area contributed by atoms with E-state index < -0.39 is 0 Å². The van der Waals surface area contributed by atoms with Gasteiger partial charge in [0.15, 0.2) is 0 Å². The van der Waals surface area contributed by atoms with Gasteiger partial charge in [0.25, 0.3) is 0 Å². The number of ether oxygens (including phenoxy) is 1. The Kier molecular flexibility index (Phi) is 5.14. The molecule has 0 aliphatic carbocycles. The molecule has 1 rings (SSSR count). The van der Waals surface area contributed by atoms with Gasteiger partial charge in [0.1, 0.15) is 0 Å². The highest BCUT2D eigenvalue weighted by Crippen LogP contribution is 2.10. The molecule has 2 atom stereocenters. The van der Waals surface area contributed by atoms with Crippen molar-refractivity contribution < 1.29 is 4.74 Å². The Morgan fingerprint density at radius 2 is 2.38 bits per heavy atom. The minimum atomic E-state index is 0.459. The molecule has 13 heavy (non-hydrogen) atoms. The topological polar surface area (TPSA) is 12.5 Å². The highest BCUT2D eigenvalue weighted by Gasteiger charge is 2.19. The molecule has 0 aromatic carbocycles. The number of nitrogens with zero attached hydrogens (tertiary/aromatic N) is 1. The van der Waals surface area contributed by atoms with E-state index in [1.807, 2.05) is 0 Å². The third-order valence-corrected chi connectivity index (χ3v) is 3.18. The maximum Gasteiger partial charge on any atom is 0.0700 e. The van der Waals surface area contributed by atoms with Crippen molar-refractivity contribution in [2.75, 3.05) is 32.0 Å². The van der Waals surface area contributed by atoms with Gasteiger partial charge in [0, 0.05) is 19.6 Å². The summed E-state index contributed by atoms with van der Waals surface area (Å²) in [6.07, 6.45) is 1.59. The monoisotopic (exact) mass is 203 g/mol. The highest BCUT2D eigenvalue weighted by molar-refractivity contribution is 7.80. The second-order valence-corrected chi connectivity index (χ2v) is 4.31. The summed E-state index contributed by atoms with van der Waals surface area (Å²) < 4.78 is 5.61. The van der Waals surface area contributed by atoms with Crippen molar-refractivity contribution in [3.05, 3.63) is 0 Å². The molecular formula is C10H21NOS. The predicted octanol–water partition coefficient (Wildman–Crippen LogP) is 1.66. The normalized spacial score (nSPS) is 27.5. The maximum absolute atomic E-state index is 5.61. The van der Waals surface area contributed by atoms with Crippen LogP contribution < -0.4 is 0 Å². The second kappa shape index (κ2) is 5.89. The number of morpholine rings is 1. The van der Waals surface area contributed by atoms with Gasteiger partial charge in [-0.1, -0.05) is 13.8 Å². The van der Waals surface area contributed by atoms with Gasteiger partial charge in [0.05, 0.1) is 12.7 Å². The first-order chi connectivity index (χ1) is 6.26. The van der Waals surface area contributed by atoms with Crippen LogP contribution in [0.3, 0.4) is 0 Å². The summed E-state index contributed by atoms with van der Waals surface area (Å²) in [5.41, 5.74) is 0. The fourth-order valence-corrected chi connectivity index (χ4v) is 1.81. The maximum atomic E-state index is 5.61. The van der Waals surface area contributed by atoms with Crippen molar-refractivity contribution in [1.82, 2.24) is 4.90 Å². The Bertz CT molecular complexity index is 141. The van der Waals surface area contributed by atoms with Crippen molar-refractivity contribution in [2.45, 2.75) is 26.4 Å². The fourth-order valence-electron chi connectivity index (χ4n) is 1.69. The Hall–Kier alpha value is 0.270. The summed E-state index contributed by atoms with van der Waals surface area (Å²) in [6.45, 7) is 8.71. The quantitative estimate of drug-likeness (QED) is 0.698. The molecule has 0 aromatic rings. The standard InChI is InChI=1S/C10H21NOS/c1-3-10-7-11(4-5-12-10)6-9(2)8-13/h9-10,13H,3-8H2,1-2H3. The van der Waals surface area contributed by atoms with Gasteiger partial charge in [-0.2, -0.15) is 12.6 Å². The third-order valence-electron chi connectivity index (χ3n) is 2.56. The molecule has 0 bridgehead atoms. The van der Waals surface area contributed by atoms with Crippen LogP contribution >= 0.6 is 12.6 Å². The van der Waals surface area contributed by atoms with Crippen LogP contribution in [0.5, 0.6) is 0 Å². The first-order valence-electron chi connectivity index (χ1n) is 5.21. The average Bonchev–Trinajstić information content (AvgIpc) is 2.18.